The van der Waals surface area contributed by atoms with Crippen molar-refractivity contribution in [2.75, 3.05) is 26.7 Å². The lowest BCUT2D eigenvalue weighted by Gasteiger charge is -2.27. The number of carbonyl (C=O) groups excluding carboxylic acids is 1. The number of fused-ring (bicyclic) bond motifs is 1. The molecular weight excluding hydrogens is 284 g/mol. The third kappa shape index (κ3) is 3.09. The number of esters is 1. The molecule has 1 aromatic heterocycles. The van der Waals surface area contributed by atoms with Gasteiger partial charge in [0.15, 0.2) is 0 Å². The maximum atomic E-state index is 11.8. The molecule has 0 saturated carbocycles. The van der Waals surface area contributed by atoms with E-state index in [1.54, 1.807) is 17.4 Å². The number of ether oxygens (including phenoxy) is 1. The quantitative estimate of drug-likeness (QED) is 0.816. The molecular formula is C16H20N2O2S. The molecule has 0 aliphatic carbocycles. The van der Waals surface area contributed by atoms with E-state index < -0.39 is 0 Å². The number of nitrogens with zero attached hydrogens (tertiary/aromatic N) is 2. The van der Waals surface area contributed by atoms with Crippen molar-refractivity contribution in [2.24, 2.45) is 0 Å². The highest BCUT2D eigenvalue weighted by molar-refractivity contribution is 7.18. The van der Waals surface area contributed by atoms with Gasteiger partial charge in [-0.05, 0) is 58.1 Å². The number of thiazole rings is 1. The van der Waals surface area contributed by atoms with Gasteiger partial charge in [0.05, 0.1) is 27.4 Å². The van der Waals surface area contributed by atoms with Crippen LogP contribution in [0.25, 0.3) is 10.2 Å². The van der Waals surface area contributed by atoms with Crippen LogP contribution in [0.5, 0.6) is 0 Å². The van der Waals surface area contributed by atoms with E-state index in [2.05, 4.69) is 11.9 Å². The molecule has 0 atom stereocenters. The minimum atomic E-state index is -0.256. The summed E-state index contributed by atoms with van der Waals surface area (Å²) in [6.45, 7) is 4.49. The molecule has 5 heteroatoms. The van der Waals surface area contributed by atoms with Crippen molar-refractivity contribution in [2.45, 2.75) is 25.7 Å². The molecule has 0 unspecified atom stereocenters. The lowest BCUT2D eigenvalue weighted by Crippen LogP contribution is -2.29. The van der Waals surface area contributed by atoms with Gasteiger partial charge in [-0.25, -0.2) is 9.78 Å². The Hall–Kier alpha value is -1.46. The van der Waals surface area contributed by atoms with Crippen LogP contribution in [0.3, 0.4) is 0 Å². The SMILES string of the molecule is CCOC(=O)c1ccc2nc(C3CCN(C)CC3)sc2c1. The predicted octanol–water partition coefficient (Wildman–Crippen LogP) is 3.28. The number of hydrogen-bond donors (Lipinski definition) is 0. The van der Waals surface area contributed by atoms with E-state index in [1.807, 2.05) is 19.1 Å². The Labute approximate surface area is 128 Å². The summed E-state index contributed by atoms with van der Waals surface area (Å²) < 4.78 is 6.13. The number of carbonyl (C=O) groups is 1. The van der Waals surface area contributed by atoms with Gasteiger partial charge in [0.1, 0.15) is 0 Å². The highest BCUT2D eigenvalue weighted by Crippen LogP contribution is 2.34. The highest BCUT2D eigenvalue weighted by Gasteiger charge is 2.21. The second-order valence-electron chi connectivity index (χ2n) is 5.53. The first-order valence-corrected chi connectivity index (χ1v) is 8.25. The summed E-state index contributed by atoms with van der Waals surface area (Å²) in [5.74, 6) is 0.304. The lowest BCUT2D eigenvalue weighted by atomic mass is 9.98. The summed E-state index contributed by atoms with van der Waals surface area (Å²) in [6.07, 6.45) is 2.34. The molecule has 0 N–H and O–H groups in total. The Balaban J connectivity index is 1.84. The summed E-state index contributed by atoms with van der Waals surface area (Å²) in [4.78, 5) is 18.9. The average molecular weight is 304 g/mol. The van der Waals surface area contributed by atoms with Crippen molar-refractivity contribution in [1.29, 1.82) is 0 Å². The van der Waals surface area contributed by atoms with Crippen LogP contribution in [0, 0.1) is 0 Å². The van der Waals surface area contributed by atoms with Gasteiger partial charge < -0.3 is 9.64 Å². The maximum Gasteiger partial charge on any atom is 0.338 e. The van der Waals surface area contributed by atoms with Crippen LogP contribution in [-0.2, 0) is 4.74 Å². The fraction of sp³-hybridized carbons (Fsp3) is 0.500. The van der Waals surface area contributed by atoms with Crippen LogP contribution >= 0.6 is 11.3 Å². The van der Waals surface area contributed by atoms with Gasteiger partial charge in [-0.1, -0.05) is 0 Å². The fourth-order valence-electron chi connectivity index (χ4n) is 2.71. The van der Waals surface area contributed by atoms with Crippen LogP contribution in [-0.4, -0.2) is 42.6 Å². The number of likely N-dealkylation sites (tertiary alicyclic amines) is 1. The number of hydrogen-bond acceptors (Lipinski definition) is 5. The van der Waals surface area contributed by atoms with Gasteiger partial charge in [-0.2, -0.15) is 0 Å². The monoisotopic (exact) mass is 304 g/mol. The van der Waals surface area contributed by atoms with Crippen molar-refractivity contribution >= 4 is 27.5 Å². The molecule has 3 rings (SSSR count). The minimum Gasteiger partial charge on any atom is -0.462 e. The van der Waals surface area contributed by atoms with Gasteiger partial charge in [-0.15, -0.1) is 11.3 Å². The van der Waals surface area contributed by atoms with Crippen LogP contribution in [0.1, 0.15) is 41.0 Å². The highest BCUT2D eigenvalue weighted by atomic mass is 32.1. The molecule has 21 heavy (non-hydrogen) atoms. The molecule has 1 aliphatic heterocycles. The molecule has 0 amide bonds. The fourth-order valence-corrected chi connectivity index (χ4v) is 3.89. The van der Waals surface area contributed by atoms with Gasteiger partial charge in [0.2, 0.25) is 0 Å². The van der Waals surface area contributed by atoms with E-state index in [9.17, 15) is 4.79 Å². The summed E-state index contributed by atoms with van der Waals surface area (Å²) >= 11 is 1.72. The average Bonchev–Trinajstić information content (AvgIpc) is 2.91. The zero-order valence-electron chi connectivity index (χ0n) is 12.5. The summed E-state index contributed by atoms with van der Waals surface area (Å²) in [7, 11) is 2.17. The molecule has 112 valence electrons. The molecule has 0 spiro atoms. The third-order valence-corrected chi connectivity index (χ3v) is 5.16. The number of rotatable bonds is 3. The van der Waals surface area contributed by atoms with Gasteiger partial charge in [-0.3, -0.25) is 0 Å². The molecule has 0 radical (unpaired) electrons. The molecule has 2 heterocycles. The van der Waals surface area contributed by atoms with Crippen molar-refractivity contribution in [3.05, 3.63) is 28.8 Å². The van der Waals surface area contributed by atoms with Crippen LogP contribution < -0.4 is 0 Å². The van der Waals surface area contributed by atoms with Crippen molar-refractivity contribution in [3.63, 3.8) is 0 Å². The Bertz CT molecular complexity index is 645. The Morgan fingerprint density at radius 3 is 2.90 bits per heavy atom. The molecule has 1 aliphatic rings. The summed E-state index contributed by atoms with van der Waals surface area (Å²) in [5, 5.41) is 1.21. The lowest BCUT2D eigenvalue weighted by molar-refractivity contribution is 0.0526. The largest absolute Gasteiger partial charge is 0.462 e. The number of benzene rings is 1. The van der Waals surface area contributed by atoms with Crippen LogP contribution in [0.2, 0.25) is 0 Å². The van der Waals surface area contributed by atoms with E-state index in [1.165, 1.54) is 17.8 Å². The van der Waals surface area contributed by atoms with Gasteiger partial charge in [0, 0.05) is 5.92 Å². The van der Waals surface area contributed by atoms with E-state index in [-0.39, 0.29) is 5.97 Å². The summed E-state index contributed by atoms with van der Waals surface area (Å²) in [6, 6.07) is 5.64. The predicted molar refractivity (Wildman–Crippen MR) is 85.0 cm³/mol. The van der Waals surface area contributed by atoms with Crippen molar-refractivity contribution < 1.29 is 9.53 Å². The first-order chi connectivity index (χ1) is 10.2. The standard InChI is InChI=1S/C16H20N2O2S/c1-3-20-16(19)12-4-5-13-14(10-12)21-15(17-13)11-6-8-18(2)9-7-11/h4-5,10-11H,3,6-9H2,1-2H3. The second-order valence-corrected chi connectivity index (χ2v) is 6.59. The Kier molecular flexibility index (Phi) is 4.22. The van der Waals surface area contributed by atoms with Crippen LogP contribution in [0.15, 0.2) is 18.2 Å². The normalized spacial score (nSPS) is 17.2. The molecule has 4 nitrogen and oxygen atoms in total. The van der Waals surface area contributed by atoms with Crippen molar-refractivity contribution in [3.8, 4) is 0 Å². The maximum absolute atomic E-state index is 11.8. The molecule has 2 aromatic rings. The molecule has 0 bridgehead atoms. The van der Waals surface area contributed by atoms with E-state index in [0.29, 0.717) is 18.1 Å². The van der Waals surface area contributed by atoms with Gasteiger partial charge in [0.25, 0.3) is 0 Å². The minimum absolute atomic E-state index is 0.256. The van der Waals surface area contributed by atoms with E-state index >= 15 is 0 Å². The summed E-state index contributed by atoms with van der Waals surface area (Å²) in [5.41, 5.74) is 1.60. The molecule has 1 saturated heterocycles. The zero-order valence-corrected chi connectivity index (χ0v) is 13.3. The number of aromatic nitrogens is 1. The second kappa shape index (κ2) is 6.12. The van der Waals surface area contributed by atoms with Gasteiger partial charge >= 0.3 is 5.97 Å². The Morgan fingerprint density at radius 2 is 2.19 bits per heavy atom. The number of piperidine rings is 1. The van der Waals surface area contributed by atoms with Crippen LogP contribution in [0.4, 0.5) is 0 Å². The Morgan fingerprint density at radius 1 is 1.43 bits per heavy atom. The molecule has 1 fully saturated rings. The molecule has 1 aromatic carbocycles. The first-order valence-electron chi connectivity index (χ1n) is 7.43. The first kappa shape index (κ1) is 14.5. The van der Waals surface area contributed by atoms with E-state index in [0.717, 1.165) is 23.3 Å². The van der Waals surface area contributed by atoms with E-state index in [4.69, 9.17) is 9.72 Å². The van der Waals surface area contributed by atoms with Crippen molar-refractivity contribution in [1.82, 2.24) is 9.88 Å². The zero-order chi connectivity index (χ0) is 14.8. The topological polar surface area (TPSA) is 42.4 Å². The smallest absolute Gasteiger partial charge is 0.338 e. The third-order valence-electron chi connectivity index (χ3n) is 3.98.